The number of oxime groups is 1. The molecule has 0 bridgehead atoms. The van der Waals surface area contributed by atoms with Gasteiger partial charge in [-0.25, -0.2) is 0 Å². The van der Waals surface area contributed by atoms with E-state index >= 15 is 0 Å². The molecule has 2 rings (SSSR count). The Bertz CT molecular complexity index is 660. The Balaban J connectivity index is 1.91. The van der Waals surface area contributed by atoms with Gasteiger partial charge in [0.2, 0.25) is 0 Å². The number of nitrogens with zero attached hydrogens (tertiary/aromatic N) is 1. The molecule has 1 aliphatic rings. The molecule has 162 valence electrons. The molecule has 0 aromatic heterocycles. The van der Waals surface area contributed by atoms with Gasteiger partial charge in [0.1, 0.15) is 25.2 Å². The molecule has 0 heterocycles. The van der Waals surface area contributed by atoms with Crippen molar-refractivity contribution in [3.05, 3.63) is 35.4 Å². The number of allylic oxidation sites excluding steroid dienone is 1. The molecule has 5 heteroatoms. The van der Waals surface area contributed by atoms with E-state index < -0.39 is 0 Å². The average molecular weight is 404 g/mol. The van der Waals surface area contributed by atoms with Crippen molar-refractivity contribution in [1.82, 2.24) is 0 Å². The maximum Gasteiger partial charge on any atom is 0.125 e. The average Bonchev–Trinajstić information content (AvgIpc) is 2.69. The first kappa shape index (κ1) is 23.3. The summed E-state index contributed by atoms with van der Waals surface area (Å²) < 4.78 is 18.0. The largest absolute Gasteiger partial charge is 0.493 e. The summed E-state index contributed by atoms with van der Waals surface area (Å²) in [5.41, 5.74) is 3.10. The minimum absolute atomic E-state index is 0.519. The van der Waals surface area contributed by atoms with Gasteiger partial charge >= 0.3 is 0 Å². The Hall–Kier alpha value is -2.01. The van der Waals surface area contributed by atoms with Crippen molar-refractivity contribution in [2.45, 2.75) is 53.4 Å². The van der Waals surface area contributed by atoms with Crippen molar-refractivity contribution in [3.63, 3.8) is 0 Å². The molecule has 29 heavy (non-hydrogen) atoms. The van der Waals surface area contributed by atoms with E-state index in [1.165, 1.54) is 25.7 Å². The number of rotatable bonds is 11. The van der Waals surface area contributed by atoms with E-state index in [2.05, 4.69) is 31.1 Å². The molecule has 1 aliphatic carbocycles. The summed E-state index contributed by atoms with van der Waals surface area (Å²) in [4.78, 5) is 4.79. The van der Waals surface area contributed by atoms with Crippen molar-refractivity contribution in [2.24, 2.45) is 17.0 Å². The first-order valence-corrected chi connectivity index (χ1v) is 10.7. The molecular formula is C24H37NO4. The minimum atomic E-state index is 0.519. The molecule has 5 nitrogen and oxygen atoms in total. The highest BCUT2D eigenvalue weighted by Crippen LogP contribution is 2.33. The highest BCUT2D eigenvalue weighted by Gasteiger charge is 2.26. The zero-order chi connectivity index (χ0) is 21.1. The predicted molar refractivity (Wildman–Crippen MR) is 118 cm³/mol. The van der Waals surface area contributed by atoms with E-state index in [-0.39, 0.29) is 0 Å². The van der Waals surface area contributed by atoms with Crippen LogP contribution >= 0.6 is 0 Å². The minimum Gasteiger partial charge on any atom is -0.493 e. The lowest BCUT2D eigenvalue weighted by atomic mass is 9.80. The first-order valence-electron chi connectivity index (χ1n) is 10.7. The van der Waals surface area contributed by atoms with Gasteiger partial charge in [-0.2, -0.15) is 0 Å². The van der Waals surface area contributed by atoms with Crippen LogP contribution in [0.2, 0.25) is 0 Å². The molecule has 0 aliphatic heterocycles. The zero-order valence-electron chi connectivity index (χ0n) is 18.7. The van der Waals surface area contributed by atoms with Crippen molar-refractivity contribution < 1.29 is 19.0 Å². The van der Waals surface area contributed by atoms with Crippen molar-refractivity contribution >= 4 is 5.71 Å². The normalized spacial score (nSPS) is 20.1. The molecule has 0 radical (unpaired) electrons. The molecule has 2 atom stereocenters. The van der Waals surface area contributed by atoms with Crippen LogP contribution in [0.15, 0.2) is 29.4 Å². The first-order chi connectivity index (χ1) is 14.0. The van der Waals surface area contributed by atoms with Crippen LogP contribution in [-0.4, -0.2) is 39.2 Å². The second-order valence-electron chi connectivity index (χ2n) is 7.91. The van der Waals surface area contributed by atoms with Gasteiger partial charge in [0.05, 0.1) is 25.5 Å². The third kappa shape index (κ3) is 7.73. The Morgan fingerprint density at radius 2 is 1.72 bits per heavy atom. The van der Waals surface area contributed by atoms with Gasteiger partial charge in [0, 0.05) is 0 Å². The highest BCUT2D eigenvalue weighted by atomic mass is 16.6. The van der Waals surface area contributed by atoms with Gasteiger partial charge < -0.3 is 19.0 Å². The van der Waals surface area contributed by atoms with Crippen molar-refractivity contribution in [3.8, 4) is 11.5 Å². The monoisotopic (exact) mass is 403 g/mol. The van der Waals surface area contributed by atoms with Gasteiger partial charge in [0.25, 0.3) is 0 Å². The van der Waals surface area contributed by atoms with Crippen LogP contribution in [0, 0.1) is 25.7 Å². The molecule has 1 aromatic carbocycles. The molecule has 2 unspecified atom stereocenters. The lowest BCUT2D eigenvalue weighted by Crippen LogP contribution is -2.29. The quantitative estimate of drug-likeness (QED) is 0.279. The lowest BCUT2D eigenvalue weighted by Gasteiger charge is -2.31. The predicted octanol–water partition coefficient (Wildman–Crippen LogP) is 5.48. The fourth-order valence-electron chi connectivity index (χ4n) is 3.92. The molecule has 1 aromatic rings. The third-order valence-corrected chi connectivity index (χ3v) is 5.41. The van der Waals surface area contributed by atoms with E-state index in [0.29, 0.717) is 25.0 Å². The van der Waals surface area contributed by atoms with Gasteiger partial charge in [-0.05, 0) is 75.6 Å². The van der Waals surface area contributed by atoms with E-state index in [1.807, 2.05) is 26.0 Å². The number of benzene rings is 1. The number of aryl methyl sites for hydroxylation is 2. The Morgan fingerprint density at radius 1 is 1.07 bits per heavy atom. The maximum absolute atomic E-state index is 6.32. The van der Waals surface area contributed by atoms with Gasteiger partial charge in [-0.15, -0.1) is 0 Å². The number of hydrogen-bond donors (Lipinski definition) is 0. The molecule has 0 spiro atoms. The summed E-state index contributed by atoms with van der Waals surface area (Å²) in [5, 5.41) is 3.91. The lowest BCUT2D eigenvalue weighted by molar-refractivity contribution is 0.0575. The van der Waals surface area contributed by atoms with Crippen LogP contribution < -0.4 is 9.47 Å². The highest BCUT2D eigenvalue weighted by molar-refractivity contribution is 5.82. The van der Waals surface area contributed by atoms with Crippen LogP contribution in [-0.2, 0) is 9.57 Å². The van der Waals surface area contributed by atoms with Gasteiger partial charge in [0.15, 0.2) is 0 Å². The maximum atomic E-state index is 6.32. The van der Waals surface area contributed by atoms with Crippen LogP contribution in [0.3, 0.4) is 0 Å². The SMILES string of the molecule is C/C=C/COc1cc(C)c(OCC2CCCCC2COCC(C)=NOC)c(C)c1. The van der Waals surface area contributed by atoms with E-state index in [4.69, 9.17) is 19.0 Å². The fraction of sp³-hybridized carbons (Fsp3) is 0.625. The molecule has 0 N–H and O–H groups in total. The van der Waals surface area contributed by atoms with Crippen LogP contribution in [0.1, 0.15) is 50.7 Å². The molecular weight excluding hydrogens is 366 g/mol. The summed E-state index contributed by atoms with van der Waals surface area (Å²) in [6.45, 7) is 10.7. The summed E-state index contributed by atoms with van der Waals surface area (Å²) in [5.74, 6) is 2.93. The van der Waals surface area contributed by atoms with E-state index in [9.17, 15) is 0 Å². The molecule has 0 saturated heterocycles. The van der Waals surface area contributed by atoms with E-state index in [1.54, 1.807) is 7.11 Å². The Labute approximate surface area is 176 Å². The molecule has 1 saturated carbocycles. The molecule has 1 fully saturated rings. The second-order valence-corrected chi connectivity index (χ2v) is 7.91. The number of ether oxygens (including phenoxy) is 3. The van der Waals surface area contributed by atoms with Crippen molar-refractivity contribution in [1.29, 1.82) is 0 Å². The summed E-state index contributed by atoms with van der Waals surface area (Å²) in [7, 11) is 1.56. The smallest absolute Gasteiger partial charge is 0.125 e. The third-order valence-electron chi connectivity index (χ3n) is 5.41. The topological polar surface area (TPSA) is 49.3 Å². The van der Waals surface area contributed by atoms with Gasteiger partial charge in [-0.3, -0.25) is 0 Å². The van der Waals surface area contributed by atoms with Crippen molar-refractivity contribution in [2.75, 3.05) is 33.5 Å². The Morgan fingerprint density at radius 3 is 2.34 bits per heavy atom. The van der Waals surface area contributed by atoms with Gasteiger partial charge in [-0.1, -0.05) is 30.1 Å². The van der Waals surface area contributed by atoms with Crippen LogP contribution in [0.25, 0.3) is 0 Å². The zero-order valence-corrected chi connectivity index (χ0v) is 18.7. The summed E-state index contributed by atoms with van der Waals surface area (Å²) >= 11 is 0. The van der Waals surface area contributed by atoms with Crippen LogP contribution in [0.4, 0.5) is 0 Å². The summed E-state index contributed by atoms with van der Waals surface area (Å²) in [6.07, 6.45) is 8.93. The summed E-state index contributed by atoms with van der Waals surface area (Å²) in [6, 6.07) is 4.12. The standard InChI is InChI=1S/C24H37NO4/c1-6-7-12-28-23-13-18(2)24(19(3)14-23)29-17-22-11-9-8-10-21(22)16-27-15-20(4)25-26-5/h6-7,13-14,21-22H,8-12,15-17H2,1-5H3/b7-6+,25-20?. The van der Waals surface area contributed by atoms with Crippen LogP contribution in [0.5, 0.6) is 11.5 Å². The fourth-order valence-corrected chi connectivity index (χ4v) is 3.92. The number of hydrogen-bond acceptors (Lipinski definition) is 5. The molecule has 0 amide bonds. The second kappa shape index (κ2) is 12.5. The van der Waals surface area contributed by atoms with E-state index in [0.717, 1.165) is 41.6 Å². The Kier molecular flexibility index (Phi) is 10.1.